The van der Waals surface area contributed by atoms with Gasteiger partial charge in [0, 0.05) is 11.5 Å². The number of nitrogens with two attached hydrogens (primary N) is 1. The maximum absolute atomic E-state index is 11.1. The van der Waals surface area contributed by atoms with Gasteiger partial charge in [0.1, 0.15) is 0 Å². The number of carbonyl (C=O) groups is 1. The molecule has 0 saturated carbocycles. The van der Waals surface area contributed by atoms with Gasteiger partial charge in [-0.3, -0.25) is 4.79 Å². The standard InChI is InChI=1S/C13H14BrN3OS/c1-8(12(15)18)19-13-16-7-11(17(13)2)9-3-5-10(14)6-4-9/h3-8H,1-2H3,(H2,15,18). The Labute approximate surface area is 124 Å². The lowest BCUT2D eigenvalue weighted by molar-refractivity contribution is -0.117. The molecule has 0 fully saturated rings. The molecule has 0 radical (unpaired) electrons. The zero-order valence-corrected chi connectivity index (χ0v) is 13.0. The molecule has 4 nitrogen and oxygen atoms in total. The Kier molecular flexibility index (Phi) is 4.31. The third-order valence-electron chi connectivity index (χ3n) is 2.77. The molecule has 2 aromatic rings. The Balaban J connectivity index is 2.27. The SMILES string of the molecule is CC(Sc1ncc(-c2ccc(Br)cc2)n1C)C(N)=O. The largest absolute Gasteiger partial charge is 0.369 e. The molecule has 19 heavy (non-hydrogen) atoms. The van der Waals surface area contributed by atoms with Crippen LogP contribution in [-0.4, -0.2) is 20.7 Å². The number of nitrogens with zero attached hydrogens (tertiary/aromatic N) is 2. The van der Waals surface area contributed by atoms with Crippen molar-refractivity contribution < 1.29 is 4.79 Å². The number of primary amides is 1. The van der Waals surface area contributed by atoms with Gasteiger partial charge >= 0.3 is 0 Å². The van der Waals surface area contributed by atoms with E-state index in [0.29, 0.717) is 0 Å². The van der Waals surface area contributed by atoms with Crippen LogP contribution in [0.15, 0.2) is 40.1 Å². The summed E-state index contributed by atoms with van der Waals surface area (Å²) in [5, 5.41) is 0.489. The molecular formula is C13H14BrN3OS. The second-order valence-corrected chi connectivity index (χ2v) is 6.38. The molecular weight excluding hydrogens is 326 g/mol. The van der Waals surface area contributed by atoms with E-state index in [1.807, 2.05) is 35.9 Å². The van der Waals surface area contributed by atoms with Crippen LogP contribution in [0.1, 0.15) is 6.92 Å². The van der Waals surface area contributed by atoms with E-state index < -0.39 is 0 Å². The fourth-order valence-corrected chi connectivity index (χ4v) is 2.67. The van der Waals surface area contributed by atoms with E-state index in [4.69, 9.17) is 5.73 Å². The van der Waals surface area contributed by atoms with Gasteiger partial charge in [-0.2, -0.15) is 0 Å². The van der Waals surface area contributed by atoms with Crippen LogP contribution in [0, 0.1) is 0 Å². The molecule has 6 heteroatoms. The van der Waals surface area contributed by atoms with Crippen LogP contribution in [0.25, 0.3) is 11.3 Å². The van der Waals surface area contributed by atoms with E-state index in [2.05, 4.69) is 20.9 Å². The summed E-state index contributed by atoms with van der Waals surface area (Å²) < 4.78 is 3.00. The first-order valence-corrected chi connectivity index (χ1v) is 7.40. The van der Waals surface area contributed by atoms with Crippen LogP contribution >= 0.6 is 27.7 Å². The minimum atomic E-state index is -0.335. The van der Waals surface area contributed by atoms with Gasteiger partial charge in [-0.1, -0.05) is 39.8 Å². The van der Waals surface area contributed by atoms with Gasteiger partial charge in [0.25, 0.3) is 0 Å². The number of aromatic nitrogens is 2. The molecule has 2 N–H and O–H groups in total. The van der Waals surface area contributed by atoms with Gasteiger partial charge in [-0.15, -0.1) is 0 Å². The van der Waals surface area contributed by atoms with Crippen molar-refractivity contribution in [3.8, 4) is 11.3 Å². The summed E-state index contributed by atoms with van der Waals surface area (Å²) in [5.41, 5.74) is 7.35. The van der Waals surface area contributed by atoms with E-state index in [0.717, 1.165) is 20.9 Å². The molecule has 0 aliphatic heterocycles. The van der Waals surface area contributed by atoms with E-state index in [1.165, 1.54) is 11.8 Å². The van der Waals surface area contributed by atoms with Crippen LogP contribution in [0.5, 0.6) is 0 Å². The molecule has 1 unspecified atom stereocenters. The van der Waals surface area contributed by atoms with E-state index in [9.17, 15) is 4.79 Å². The van der Waals surface area contributed by atoms with Crippen LogP contribution in [0.4, 0.5) is 0 Å². The molecule has 1 heterocycles. The number of carbonyl (C=O) groups excluding carboxylic acids is 1. The smallest absolute Gasteiger partial charge is 0.230 e. The fraction of sp³-hybridized carbons (Fsp3) is 0.231. The summed E-state index contributed by atoms with van der Waals surface area (Å²) in [4.78, 5) is 15.4. The number of thioether (sulfide) groups is 1. The molecule has 0 spiro atoms. The quantitative estimate of drug-likeness (QED) is 0.871. The lowest BCUT2D eigenvalue weighted by Gasteiger charge is -2.08. The van der Waals surface area contributed by atoms with Crippen molar-refractivity contribution in [3.05, 3.63) is 34.9 Å². The highest BCUT2D eigenvalue weighted by Gasteiger charge is 2.15. The lowest BCUT2D eigenvalue weighted by atomic mass is 10.2. The Bertz CT molecular complexity index is 594. The van der Waals surface area contributed by atoms with E-state index in [1.54, 1.807) is 13.1 Å². The van der Waals surface area contributed by atoms with Crippen molar-refractivity contribution in [1.29, 1.82) is 0 Å². The van der Waals surface area contributed by atoms with Crippen molar-refractivity contribution in [1.82, 2.24) is 9.55 Å². The highest BCUT2D eigenvalue weighted by Crippen LogP contribution is 2.27. The summed E-state index contributed by atoms with van der Waals surface area (Å²) >= 11 is 4.78. The predicted molar refractivity (Wildman–Crippen MR) is 80.9 cm³/mol. The van der Waals surface area contributed by atoms with Crippen molar-refractivity contribution >= 4 is 33.6 Å². The van der Waals surface area contributed by atoms with E-state index in [-0.39, 0.29) is 11.2 Å². The molecule has 1 aromatic heterocycles. The second kappa shape index (κ2) is 5.79. The molecule has 0 saturated heterocycles. The molecule has 1 amide bonds. The average Bonchev–Trinajstić information content (AvgIpc) is 2.72. The number of hydrogen-bond donors (Lipinski definition) is 1. The first kappa shape index (κ1) is 14.1. The average molecular weight is 340 g/mol. The number of hydrogen-bond acceptors (Lipinski definition) is 3. The second-order valence-electron chi connectivity index (χ2n) is 4.15. The first-order chi connectivity index (χ1) is 8.99. The molecule has 1 atom stereocenters. The summed E-state index contributed by atoms with van der Waals surface area (Å²) in [6.45, 7) is 1.78. The van der Waals surface area contributed by atoms with Crippen LogP contribution in [0.3, 0.4) is 0 Å². The predicted octanol–water partition coefficient (Wildman–Crippen LogP) is 2.82. The van der Waals surface area contributed by atoms with Crippen LogP contribution < -0.4 is 5.73 Å². The summed E-state index contributed by atoms with van der Waals surface area (Å²) in [6, 6.07) is 8.02. The zero-order chi connectivity index (χ0) is 14.0. The van der Waals surface area contributed by atoms with Gasteiger partial charge < -0.3 is 10.3 Å². The third kappa shape index (κ3) is 3.19. The van der Waals surface area contributed by atoms with Gasteiger partial charge in [0.2, 0.25) is 5.91 Å². The van der Waals surface area contributed by atoms with Gasteiger partial charge in [0.05, 0.1) is 17.1 Å². The van der Waals surface area contributed by atoms with Crippen LogP contribution in [0.2, 0.25) is 0 Å². The number of halogens is 1. The van der Waals surface area contributed by atoms with Crippen molar-refractivity contribution in [2.24, 2.45) is 12.8 Å². The third-order valence-corrected chi connectivity index (χ3v) is 4.47. The topological polar surface area (TPSA) is 60.9 Å². The van der Waals surface area contributed by atoms with Crippen molar-refractivity contribution in [2.45, 2.75) is 17.3 Å². The molecule has 0 aliphatic carbocycles. The monoisotopic (exact) mass is 339 g/mol. The lowest BCUT2D eigenvalue weighted by Crippen LogP contribution is -2.22. The maximum Gasteiger partial charge on any atom is 0.230 e. The highest BCUT2D eigenvalue weighted by atomic mass is 79.9. The van der Waals surface area contributed by atoms with Crippen molar-refractivity contribution in [2.75, 3.05) is 0 Å². The number of amides is 1. The number of imidazole rings is 1. The summed E-state index contributed by atoms with van der Waals surface area (Å²) in [5.74, 6) is -0.335. The normalized spacial score (nSPS) is 12.4. The van der Waals surface area contributed by atoms with Crippen molar-refractivity contribution in [3.63, 3.8) is 0 Å². The molecule has 0 aliphatic rings. The summed E-state index contributed by atoms with van der Waals surface area (Å²) in [7, 11) is 1.93. The first-order valence-electron chi connectivity index (χ1n) is 5.72. The number of rotatable bonds is 4. The Morgan fingerprint density at radius 1 is 1.42 bits per heavy atom. The Morgan fingerprint density at radius 3 is 2.63 bits per heavy atom. The van der Waals surface area contributed by atoms with Crippen LogP contribution in [-0.2, 0) is 11.8 Å². The van der Waals surface area contributed by atoms with Gasteiger partial charge in [-0.05, 0) is 24.6 Å². The maximum atomic E-state index is 11.1. The number of benzene rings is 1. The summed E-state index contributed by atoms with van der Waals surface area (Å²) in [6.07, 6.45) is 1.80. The Morgan fingerprint density at radius 2 is 2.05 bits per heavy atom. The minimum Gasteiger partial charge on any atom is -0.369 e. The van der Waals surface area contributed by atoms with E-state index >= 15 is 0 Å². The van der Waals surface area contributed by atoms with Gasteiger partial charge in [-0.25, -0.2) is 4.98 Å². The minimum absolute atomic E-state index is 0.293. The highest BCUT2D eigenvalue weighted by molar-refractivity contribution is 9.10. The fourth-order valence-electron chi connectivity index (χ4n) is 1.61. The molecule has 0 bridgehead atoms. The van der Waals surface area contributed by atoms with Gasteiger partial charge in [0.15, 0.2) is 5.16 Å². The molecule has 2 rings (SSSR count). The molecule has 1 aromatic carbocycles. The zero-order valence-electron chi connectivity index (χ0n) is 10.6. The Hall–Kier alpha value is -1.27. The molecule has 100 valence electrons.